The minimum Gasteiger partial charge on any atom is -0.394 e. The van der Waals surface area contributed by atoms with E-state index in [2.05, 4.69) is 10.3 Å². The lowest BCUT2D eigenvalue weighted by atomic mass is 9.78. The summed E-state index contributed by atoms with van der Waals surface area (Å²) in [5.74, 6) is -1.71. The number of hydrogen-bond donors (Lipinski definition) is 1. The number of likely N-dealkylation sites (tertiary alicyclic amines) is 1. The third-order valence-electron chi connectivity index (χ3n) is 8.22. The van der Waals surface area contributed by atoms with E-state index >= 15 is 0 Å². The molecule has 0 radical (unpaired) electrons. The van der Waals surface area contributed by atoms with E-state index in [0.29, 0.717) is 19.6 Å². The number of nitrogens with zero attached hydrogens (tertiary/aromatic N) is 6. The average molecular weight is 537 g/mol. The maximum absolute atomic E-state index is 14.3. The molecule has 2 fully saturated rings. The Labute approximate surface area is 225 Å². The minimum absolute atomic E-state index is 0.0298. The van der Waals surface area contributed by atoms with Crippen molar-refractivity contribution in [3.05, 3.63) is 48.6 Å². The first-order valence-corrected chi connectivity index (χ1v) is 14.1. The van der Waals surface area contributed by atoms with Crippen molar-refractivity contribution in [3.63, 3.8) is 0 Å². The van der Waals surface area contributed by atoms with Gasteiger partial charge in [0, 0.05) is 24.9 Å². The molecule has 4 aliphatic heterocycles. The molecule has 1 spiro atoms. The third-order valence-corrected chi connectivity index (χ3v) is 9.97. The van der Waals surface area contributed by atoms with Crippen LogP contribution in [0.15, 0.2) is 48.6 Å². The largest absolute Gasteiger partial charge is 0.394 e. The summed E-state index contributed by atoms with van der Waals surface area (Å²) >= 11 is 1.55. The molecule has 11 heteroatoms. The number of carbonyl (C=O) groups excluding carboxylic acids is 3. The van der Waals surface area contributed by atoms with Crippen LogP contribution in [-0.2, 0) is 21.1 Å². The lowest BCUT2D eigenvalue weighted by Gasteiger charge is -2.37. The van der Waals surface area contributed by atoms with E-state index in [1.807, 2.05) is 60.4 Å². The first kappa shape index (κ1) is 25.1. The normalized spacial score (nSPS) is 31.4. The number of para-hydroxylation sites is 1. The zero-order valence-corrected chi connectivity index (χ0v) is 22.3. The fraction of sp³-hybridized carbons (Fsp3) is 0.519. The maximum atomic E-state index is 14.3. The van der Waals surface area contributed by atoms with Crippen LogP contribution in [0.25, 0.3) is 11.0 Å². The van der Waals surface area contributed by atoms with Gasteiger partial charge in [-0.25, -0.2) is 4.68 Å². The van der Waals surface area contributed by atoms with Crippen LogP contribution in [0.4, 0.5) is 0 Å². The summed E-state index contributed by atoms with van der Waals surface area (Å²) in [5.41, 5.74) is 1.55. The highest BCUT2D eigenvalue weighted by Gasteiger charge is 2.71. The molecule has 0 aliphatic carbocycles. The maximum Gasteiger partial charge on any atom is 0.248 e. The van der Waals surface area contributed by atoms with Crippen molar-refractivity contribution in [2.24, 2.45) is 11.8 Å². The summed E-state index contributed by atoms with van der Waals surface area (Å²) in [6.45, 7) is 5.19. The molecule has 1 unspecified atom stereocenters. The topological polar surface area (TPSA) is 112 Å². The van der Waals surface area contributed by atoms with E-state index in [1.54, 1.807) is 33.2 Å². The summed E-state index contributed by atoms with van der Waals surface area (Å²) in [6, 6.07) is 6.16. The molecule has 4 aliphatic rings. The number of rotatable bonds is 6. The van der Waals surface area contributed by atoms with E-state index in [9.17, 15) is 19.5 Å². The van der Waals surface area contributed by atoms with Gasteiger partial charge in [-0.15, -0.1) is 16.9 Å². The van der Waals surface area contributed by atoms with Crippen LogP contribution in [0.2, 0.25) is 0 Å². The molecule has 2 aromatic rings. The molecule has 0 saturated carbocycles. The summed E-state index contributed by atoms with van der Waals surface area (Å²) in [5, 5.41) is 18.4. The van der Waals surface area contributed by atoms with Gasteiger partial charge >= 0.3 is 0 Å². The Morgan fingerprint density at radius 2 is 1.89 bits per heavy atom. The van der Waals surface area contributed by atoms with Crippen molar-refractivity contribution < 1.29 is 19.5 Å². The van der Waals surface area contributed by atoms with Crippen LogP contribution in [0.5, 0.6) is 0 Å². The monoisotopic (exact) mass is 536 g/mol. The second kappa shape index (κ2) is 9.53. The van der Waals surface area contributed by atoms with Gasteiger partial charge < -0.3 is 19.8 Å². The molecule has 1 N–H and O–H groups in total. The Morgan fingerprint density at radius 3 is 2.68 bits per heavy atom. The standard InChI is InChI=1S/C27H32N6O4S/c1-3-12-30-13-6-10-20-21(24(30)35)22-25(36)33(17(2)15-34)23-26(37)31(14-7-11-27(22,23)38-20)16-32-19-9-5-4-8-18(19)28-29-32/h4-11,17,20-23,34H,3,12-16H2,1-2H3/t17-,20+,21-,22+,23?,27+/m1/s1. The quantitative estimate of drug-likeness (QED) is 0.554. The highest BCUT2D eigenvalue weighted by Crippen LogP contribution is 2.61. The van der Waals surface area contributed by atoms with Crippen molar-refractivity contribution in [1.29, 1.82) is 0 Å². The smallest absolute Gasteiger partial charge is 0.248 e. The molecule has 200 valence electrons. The van der Waals surface area contributed by atoms with Gasteiger partial charge in [0.05, 0.1) is 34.7 Å². The van der Waals surface area contributed by atoms with Gasteiger partial charge in [0.15, 0.2) is 0 Å². The molecule has 10 nitrogen and oxygen atoms in total. The molecule has 2 saturated heterocycles. The summed E-state index contributed by atoms with van der Waals surface area (Å²) < 4.78 is 0.787. The van der Waals surface area contributed by atoms with Crippen LogP contribution < -0.4 is 0 Å². The van der Waals surface area contributed by atoms with Gasteiger partial charge in [-0.3, -0.25) is 14.4 Å². The van der Waals surface area contributed by atoms with Gasteiger partial charge in [-0.05, 0) is 25.5 Å². The number of aliphatic hydroxyl groups is 1. The number of aromatic nitrogens is 3. The van der Waals surface area contributed by atoms with E-state index in [1.165, 1.54) is 0 Å². The zero-order valence-electron chi connectivity index (χ0n) is 21.5. The highest BCUT2D eigenvalue weighted by molar-refractivity contribution is 8.02. The fourth-order valence-corrected chi connectivity index (χ4v) is 8.51. The molecule has 38 heavy (non-hydrogen) atoms. The predicted octanol–water partition coefficient (Wildman–Crippen LogP) is 1.27. The number of carbonyl (C=O) groups is 3. The highest BCUT2D eigenvalue weighted by atomic mass is 32.2. The first-order valence-electron chi connectivity index (χ1n) is 13.2. The Kier molecular flexibility index (Phi) is 6.30. The average Bonchev–Trinajstić information content (AvgIpc) is 3.48. The van der Waals surface area contributed by atoms with E-state index < -0.39 is 28.7 Å². The third kappa shape index (κ3) is 3.62. The zero-order chi connectivity index (χ0) is 26.6. The lowest BCUT2D eigenvalue weighted by molar-refractivity contribution is -0.147. The predicted molar refractivity (Wildman–Crippen MR) is 143 cm³/mol. The van der Waals surface area contributed by atoms with Crippen molar-refractivity contribution >= 4 is 40.5 Å². The second-order valence-electron chi connectivity index (χ2n) is 10.5. The first-order chi connectivity index (χ1) is 18.4. The van der Waals surface area contributed by atoms with Crippen LogP contribution in [-0.4, -0.2) is 101 Å². The Bertz CT molecular complexity index is 1340. The Hall–Kier alpha value is -3.18. The molecule has 1 aromatic carbocycles. The van der Waals surface area contributed by atoms with Gasteiger partial charge in [0.25, 0.3) is 0 Å². The number of benzene rings is 1. The minimum atomic E-state index is -0.901. The van der Waals surface area contributed by atoms with Crippen molar-refractivity contribution in [3.8, 4) is 0 Å². The van der Waals surface area contributed by atoms with E-state index in [0.717, 1.165) is 17.5 Å². The van der Waals surface area contributed by atoms with Crippen LogP contribution in [0, 0.1) is 11.8 Å². The summed E-state index contributed by atoms with van der Waals surface area (Å²) in [6.07, 6.45) is 8.82. The number of fused-ring (bicyclic) bond motifs is 3. The SMILES string of the molecule is CCCN1CC=C[C@@H]2S[C@]34C=CCN(Cn5nnc6ccccc65)C(=O)C3N([C@H](C)CO)C(=O)[C@@H]4[C@@H]2C1=O. The van der Waals surface area contributed by atoms with Crippen molar-refractivity contribution in [2.75, 3.05) is 26.2 Å². The van der Waals surface area contributed by atoms with Crippen LogP contribution in [0.3, 0.4) is 0 Å². The number of amides is 3. The molecular formula is C27H32N6O4S. The molecule has 3 amide bonds. The number of thioether (sulfide) groups is 1. The molecule has 6 rings (SSSR count). The van der Waals surface area contributed by atoms with Crippen molar-refractivity contribution in [2.45, 2.75) is 49.0 Å². The Morgan fingerprint density at radius 1 is 1.11 bits per heavy atom. The van der Waals surface area contributed by atoms with Gasteiger partial charge in [0.2, 0.25) is 17.7 Å². The fourth-order valence-electron chi connectivity index (χ4n) is 6.52. The van der Waals surface area contributed by atoms with Gasteiger partial charge in [-0.2, -0.15) is 0 Å². The molecular weight excluding hydrogens is 504 g/mol. The molecule has 0 bridgehead atoms. The second-order valence-corrected chi connectivity index (χ2v) is 12.0. The van der Waals surface area contributed by atoms with E-state index in [4.69, 9.17) is 0 Å². The van der Waals surface area contributed by atoms with Gasteiger partial charge in [-0.1, -0.05) is 48.6 Å². The Balaban J connectivity index is 1.41. The van der Waals surface area contributed by atoms with Crippen LogP contribution in [0.1, 0.15) is 20.3 Å². The molecule has 5 heterocycles. The summed E-state index contributed by atoms with van der Waals surface area (Å²) in [7, 11) is 0. The molecule has 1 aromatic heterocycles. The molecule has 6 atom stereocenters. The van der Waals surface area contributed by atoms with Crippen LogP contribution >= 0.6 is 11.8 Å². The summed E-state index contributed by atoms with van der Waals surface area (Å²) in [4.78, 5) is 47.4. The lowest BCUT2D eigenvalue weighted by Crippen LogP contribution is -2.56. The van der Waals surface area contributed by atoms with Crippen molar-refractivity contribution in [1.82, 2.24) is 29.7 Å². The number of aliphatic hydroxyl groups excluding tert-OH is 1. The van der Waals surface area contributed by atoms with Gasteiger partial charge in [0.1, 0.15) is 18.2 Å². The van der Waals surface area contributed by atoms with E-state index in [-0.39, 0.29) is 36.2 Å². The number of hydrogen-bond acceptors (Lipinski definition) is 7.